The van der Waals surface area contributed by atoms with Crippen LogP contribution in [0.3, 0.4) is 0 Å². The number of primary amides is 1. The van der Waals surface area contributed by atoms with Crippen LogP contribution in [-0.2, 0) is 0 Å². The van der Waals surface area contributed by atoms with Crippen molar-refractivity contribution in [2.24, 2.45) is 17.2 Å². The first-order chi connectivity index (χ1) is 13.0. The van der Waals surface area contributed by atoms with Crippen molar-refractivity contribution < 1.29 is 4.79 Å². The summed E-state index contributed by atoms with van der Waals surface area (Å²) < 4.78 is 0. The molecule has 1 unspecified atom stereocenters. The topological polar surface area (TPSA) is 145 Å². The molecule has 0 aliphatic heterocycles. The molecule has 2 aliphatic carbocycles. The summed E-state index contributed by atoms with van der Waals surface area (Å²) in [5.74, 6) is 0.0640. The average Bonchev–Trinajstić information content (AvgIpc) is 2.64. The number of anilines is 2. The fourth-order valence-electron chi connectivity index (χ4n) is 3.37. The number of hydrogen-bond donors (Lipinski definition) is 5. The second-order valence-corrected chi connectivity index (χ2v) is 7.25. The lowest BCUT2D eigenvalue weighted by Gasteiger charge is -2.29. The highest BCUT2D eigenvalue weighted by atomic mass is 32.1. The van der Waals surface area contributed by atoms with Gasteiger partial charge in [-0.15, -0.1) is 0 Å². The predicted octanol–water partition coefficient (Wildman–Crippen LogP) is 1.56. The molecule has 27 heavy (non-hydrogen) atoms. The van der Waals surface area contributed by atoms with Crippen LogP contribution in [0.2, 0.25) is 0 Å². The van der Waals surface area contributed by atoms with Crippen LogP contribution in [0.4, 0.5) is 11.6 Å². The fourth-order valence-corrected chi connectivity index (χ4v) is 3.68. The normalized spacial score (nSPS) is 22.4. The smallest absolute Gasteiger partial charge is 0.271 e. The highest BCUT2D eigenvalue weighted by Crippen LogP contribution is 2.23. The predicted molar refractivity (Wildman–Crippen MR) is 110 cm³/mol. The number of rotatable bonds is 5. The van der Waals surface area contributed by atoms with Gasteiger partial charge >= 0.3 is 0 Å². The Hall–Kier alpha value is -2.52. The molecule has 1 aromatic rings. The Kier molecular flexibility index (Phi) is 6.02. The molecule has 1 aromatic heterocycles. The zero-order chi connectivity index (χ0) is 19.4. The molecule has 0 saturated heterocycles. The van der Waals surface area contributed by atoms with Crippen molar-refractivity contribution >= 4 is 34.7 Å². The Morgan fingerprint density at radius 1 is 1.30 bits per heavy atom. The minimum atomic E-state index is -0.681. The SMILES string of the molecule is NC(=O)c1ncc(NC2CCCC[C@@H]2N)nc1NC(=S)C1=C(N)C=CCC1. The van der Waals surface area contributed by atoms with Gasteiger partial charge in [-0.25, -0.2) is 9.97 Å². The summed E-state index contributed by atoms with van der Waals surface area (Å²) in [5.41, 5.74) is 19.1. The molecule has 2 aliphatic rings. The Morgan fingerprint density at radius 3 is 2.78 bits per heavy atom. The van der Waals surface area contributed by atoms with Crippen molar-refractivity contribution in [3.05, 3.63) is 35.3 Å². The first kappa shape index (κ1) is 19.2. The van der Waals surface area contributed by atoms with Gasteiger partial charge in [0.1, 0.15) is 10.8 Å². The van der Waals surface area contributed by atoms with Gasteiger partial charge in [-0.05, 0) is 31.8 Å². The summed E-state index contributed by atoms with van der Waals surface area (Å²) >= 11 is 5.46. The van der Waals surface area contributed by atoms with Crippen LogP contribution in [-0.4, -0.2) is 32.9 Å². The summed E-state index contributed by atoms with van der Waals surface area (Å²) in [6.07, 6.45) is 11.1. The van der Waals surface area contributed by atoms with E-state index in [1.165, 1.54) is 6.20 Å². The Morgan fingerprint density at radius 2 is 2.07 bits per heavy atom. The maximum absolute atomic E-state index is 11.7. The summed E-state index contributed by atoms with van der Waals surface area (Å²) in [5, 5.41) is 6.31. The molecule has 144 valence electrons. The molecule has 2 atom stereocenters. The van der Waals surface area contributed by atoms with E-state index in [-0.39, 0.29) is 23.6 Å². The van der Waals surface area contributed by atoms with Gasteiger partial charge in [0, 0.05) is 23.4 Å². The van der Waals surface area contributed by atoms with Gasteiger partial charge in [-0.1, -0.05) is 31.1 Å². The number of carbonyl (C=O) groups is 1. The van der Waals surface area contributed by atoms with E-state index in [4.69, 9.17) is 29.4 Å². The van der Waals surface area contributed by atoms with E-state index in [0.29, 0.717) is 16.5 Å². The molecule has 1 amide bonds. The van der Waals surface area contributed by atoms with Crippen molar-refractivity contribution in [1.29, 1.82) is 0 Å². The largest absolute Gasteiger partial charge is 0.398 e. The van der Waals surface area contributed by atoms with Gasteiger partial charge in [-0.3, -0.25) is 4.79 Å². The van der Waals surface area contributed by atoms with Crippen LogP contribution in [0, 0.1) is 0 Å². The second kappa shape index (κ2) is 8.45. The number of nitrogens with two attached hydrogens (primary N) is 3. The van der Waals surface area contributed by atoms with Crippen LogP contribution < -0.4 is 27.8 Å². The van der Waals surface area contributed by atoms with Gasteiger partial charge in [0.15, 0.2) is 11.5 Å². The van der Waals surface area contributed by atoms with Crippen LogP contribution in [0.1, 0.15) is 49.0 Å². The van der Waals surface area contributed by atoms with Gasteiger partial charge in [0.05, 0.1) is 6.20 Å². The van der Waals surface area contributed by atoms with Crippen molar-refractivity contribution in [3.8, 4) is 0 Å². The number of carbonyl (C=O) groups excluding carboxylic acids is 1. The van der Waals surface area contributed by atoms with E-state index in [9.17, 15) is 4.79 Å². The minimum absolute atomic E-state index is 0.0290. The van der Waals surface area contributed by atoms with Crippen LogP contribution in [0.15, 0.2) is 29.6 Å². The van der Waals surface area contributed by atoms with Crippen LogP contribution in [0.5, 0.6) is 0 Å². The van der Waals surface area contributed by atoms with Crippen LogP contribution >= 0.6 is 12.2 Å². The van der Waals surface area contributed by atoms with Gasteiger partial charge in [0.2, 0.25) is 0 Å². The van der Waals surface area contributed by atoms with E-state index in [0.717, 1.165) is 44.1 Å². The fraction of sp³-hybridized carbons (Fsp3) is 0.444. The summed E-state index contributed by atoms with van der Waals surface area (Å²) in [6.45, 7) is 0. The molecule has 0 radical (unpaired) electrons. The Balaban J connectivity index is 1.82. The molecule has 0 spiro atoms. The molecular weight excluding hydrogens is 362 g/mol. The summed E-state index contributed by atoms with van der Waals surface area (Å²) in [4.78, 5) is 20.8. The van der Waals surface area contributed by atoms with Crippen molar-refractivity contribution in [3.63, 3.8) is 0 Å². The van der Waals surface area contributed by atoms with E-state index in [1.54, 1.807) is 0 Å². The third kappa shape index (κ3) is 4.61. The molecular formula is C18H25N7OS. The first-order valence-electron chi connectivity index (χ1n) is 9.11. The molecule has 1 fully saturated rings. The molecule has 9 heteroatoms. The van der Waals surface area contributed by atoms with E-state index in [2.05, 4.69) is 20.6 Å². The van der Waals surface area contributed by atoms with Crippen molar-refractivity contribution in [1.82, 2.24) is 9.97 Å². The van der Waals surface area contributed by atoms with Gasteiger partial charge < -0.3 is 27.8 Å². The lowest BCUT2D eigenvalue weighted by atomic mass is 9.91. The number of allylic oxidation sites excluding steroid dienone is 2. The molecule has 0 aromatic carbocycles. The lowest BCUT2D eigenvalue weighted by Crippen LogP contribution is -2.42. The number of thiocarbonyl (C=S) groups is 1. The molecule has 0 bridgehead atoms. The molecule has 3 rings (SSSR count). The molecule has 8 N–H and O–H groups in total. The number of nitrogens with one attached hydrogen (secondary N) is 2. The van der Waals surface area contributed by atoms with Crippen LogP contribution in [0.25, 0.3) is 0 Å². The number of aromatic nitrogens is 2. The minimum Gasteiger partial charge on any atom is -0.398 e. The third-order valence-corrected chi connectivity index (χ3v) is 5.22. The highest BCUT2D eigenvalue weighted by Gasteiger charge is 2.23. The van der Waals surface area contributed by atoms with Crippen molar-refractivity contribution in [2.75, 3.05) is 10.6 Å². The number of hydrogen-bond acceptors (Lipinski definition) is 7. The zero-order valence-electron chi connectivity index (χ0n) is 15.1. The first-order valence-corrected chi connectivity index (χ1v) is 9.52. The van der Waals surface area contributed by atoms with E-state index >= 15 is 0 Å². The quantitative estimate of drug-likeness (QED) is 0.479. The number of amides is 1. The maximum Gasteiger partial charge on any atom is 0.271 e. The van der Waals surface area contributed by atoms with Gasteiger partial charge in [-0.2, -0.15) is 0 Å². The third-order valence-electron chi connectivity index (χ3n) is 4.87. The molecule has 1 saturated carbocycles. The average molecular weight is 388 g/mol. The zero-order valence-corrected chi connectivity index (χ0v) is 15.9. The van der Waals surface area contributed by atoms with E-state index < -0.39 is 5.91 Å². The summed E-state index contributed by atoms with van der Waals surface area (Å²) in [7, 11) is 0. The number of nitrogens with zero attached hydrogens (tertiary/aromatic N) is 2. The monoisotopic (exact) mass is 387 g/mol. The highest BCUT2D eigenvalue weighted by molar-refractivity contribution is 7.81. The van der Waals surface area contributed by atoms with Crippen molar-refractivity contribution in [2.45, 2.75) is 50.6 Å². The molecule has 8 nitrogen and oxygen atoms in total. The maximum atomic E-state index is 11.7. The second-order valence-electron chi connectivity index (χ2n) is 6.84. The summed E-state index contributed by atoms with van der Waals surface area (Å²) in [6, 6.07) is 0.182. The molecule has 1 heterocycles. The Labute approximate surface area is 163 Å². The Bertz CT molecular complexity index is 805. The van der Waals surface area contributed by atoms with Gasteiger partial charge in [0.25, 0.3) is 5.91 Å². The lowest BCUT2D eigenvalue weighted by molar-refractivity contribution is 0.0996. The standard InChI is InChI=1S/C18H25N7OS/c19-11-6-2-1-5-10(11)18(27)25-17-15(16(21)26)22-9-14(24-17)23-13-8-4-3-7-12(13)20/h2,6,9,12-13H,1,3-5,7-8,19-20H2,(H2,21,26)(H2,23,24,25,27)/t12-,13?/m0/s1. The van der Waals surface area contributed by atoms with E-state index in [1.807, 2.05) is 12.2 Å².